The Balaban J connectivity index is 2.11. The third-order valence-corrected chi connectivity index (χ3v) is 2.59. The highest BCUT2D eigenvalue weighted by atomic mass is 16.3. The Bertz CT molecular complexity index is 233. The fraction of sp³-hybridized carbons (Fsp3) is 0.667. The molecule has 0 radical (unpaired) electrons. The number of nitrogens with zero attached hydrogens (tertiary/aromatic N) is 1. The number of hydrogen-bond acceptors (Lipinski definition) is 3. The molecule has 1 saturated carbocycles. The van der Waals surface area contributed by atoms with E-state index in [1.54, 1.807) is 12.5 Å². The van der Waals surface area contributed by atoms with Gasteiger partial charge in [-0.25, -0.2) is 4.98 Å². The van der Waals surface area contributed by atoms with Crippen LogP contribution in [0.15, 0.2) is 16.9 Å². The summed E-state index contributed by atoms with van der Waals surface area (Å²) in [6.45, 7) is 0. The van der Waals surface area contributed by atoms with E-state index in [9.17, 15) is 0 Å². The summed E-state index contributed by atoms with van der Waals surface area (Å²) in [5, 5.41) is 0. The second-order valence-electron chi connectivity index (χ2n) is 3.43. The SMILES string of the molecule is NC1CCCCC1c1ncco1. The van der Waals surface area contributed by atoms with Crippen LogP contribution in [0.3, 0.4) is 0 Å². The molecule has 0 amide bonds. The molecule has 1 aliphatic rings. The molecule has 1 fully saturated rings. The van der Waals surface area contributed by atoms with Crippen LogP contribution in [0.2, 0.25) is 0 Å². The Hall–Kier alpha value is -0.830. The zero-order valence-corrected chi connectivity index (χ0v) is 7.07. The summed E-state index contributed by atoms with van der Waals surface area (Å²) in [5.74, 6) is 1.18. The lowest BCUT2D eigenvalue weighted by atomic mass is 9.85. The second kappa shape index (κ2) is 3.27. The van der Waals surface area contributed by atoms with Crippen LogP contribution in [0.5, 0.6) is 0 Å². The molecule has 2 rings (SSSR count). The fourth-order valence-electron chi connectivity index (χ4n) is 1.88. The number of oxazole rings is 1. The molecule has 2 atom stereocenters. The summed E-state index contributed by atoms with van der Waals surface area (Å²) < 4.78 is 5.25. The Morgan fingerprint density at radius 1 is 1.42 bits per heavy atom. The largest absolute Gasteiger partial charge is 0.449 e. The van der Waals surface area contributed by atoms with Gasteiger partial charge in [0.15, 0.2) is 5.89 Å². The van der Waals surface area contributed by atoms with Crippen molar-refractivity contribution in [3.05, 3.63) is 18.4 Å². The maximum atomic E-state index is 5.97. The van der Waals surface area contributed by atoms with Gasteiger partial charge < -0.3 is 10.2 Å². The van der Waals surface area contributed by atoms with Crippen LogP contribution < -0.4 is 5.73 Å². The predicted molar refractivity (Wildman–Crippen MR) is 45.7 cm³/mol. The molecule has 3 nitrogen and oxygen atoms in total. The van der Waals surface area contributed by atoms with Crippen LogP contribution in [0.25, 0.3) is 0 Å². The minimum atomic E-state index is 0.248. The fourth-order valence-corrected chi connectivity index (χ4v) is 1.88. The van der Waals surface area contributed by atoms with Crippen molar-refractivity contribution >= 4 is 0 Å². The maximum Gasteiger partial charge on any atom is 0.198 e. The van der Waals surface area contributed by atoms with Crippen molar-refractivity contribution in [1.82, 2.24) is 4.98 Å². The molecule has 0 aromatic carbocycles. The molecule has 3 heteroatoms. The van der Waals surface area contributed by atoms with Crippen LogP contribution in [-0.4, -0.2) is 11.0 Å². The summed E-state index contributed by atoms with van der Waals surface area (Å²) in [6, 6.07) is 0.248. The van der Waals surface area contributed by atoms with Crippen LogP contribution >= 0.6 is 0 Å². The first-order chi connectivity index (χ1) is 5.88. The van der Waals surface area contributed by atoms with E-state index in [4.69, 9.17) is 10.2 Å². The molecular formula is C9H14N2O. The normalized spacial score (nSPS) is 30.4. The van der Waals surface area contributed by atoms with Gasteiger partial charge in [0.25, 0.3) is 0 Å². The molecule has 12 heavy (non-hydrogen) atoms. The molecule has 66 valence electrons. The maximum absolute atomic E-state index is 5.97. The van der Waals surface area contributed by atoms with Crippen molar-refractivity contribution in [3.8, 4) is 0 Å². The van der Waals surface area contributed by atoms with E-state index in [-0.39, 0.29) is 6.04 Å². The molecule has 2 N–H and O–H groups in total. The number of hydrogen-bond donors (Lipinski definition) is 1. The molecule has 1 aromatic rings. The van der Waals surface area contributed by atoms with Crippen molar-refractivity contribution in [2.24, 2.45) is 5.73 Å². The molecular weight excluding hydrogens is 152 g/mol. The summed E-state index contributed by atoms with van der Waals surface area (Å²) in [4.78, 5) is 4.14. The third-order valence-electron chi connectivity index (χ3n) is 2.59. The molecule has 0 spiro atoms. The van der Waals surface area contributed by atoms with E-state index in [0.717, 1.165) is 18.7 Å². The minimum absolute atomic E-state index is 0.248. The standard InChI is InChI=1S/C9H14N2O/c10-8-4-2-1-3-7(8)9-11-5-6-12-9/h5-8H,1-4,10H2. The Labute approximate surface area is 72.0 Å². The number of rotatable bonds is 1. The lowest BCUT2D eigenvalue weighted by Gasteiger charge is -2.25. The van der Waals surface area contributed by atoms with Crippen LogP contribution in [0.1, 0.15) is 37.5 Å². The van der Waals surface area contributed by atoms with Crippen LogP contribution in [0, 0.1) is 0 Å². The predicted octanol–water partition coefficient (Wildman–Crippen LogP) is 1.66. The van der Waals surface area contributed by atoms with Gasteiger partial charge in [0.2, 0.25) is 0 Å². The van der Waals surface area contributed by atoms with Crippen molar-refractivity contribution in [2.75, 3.05) is 0 Å². The molecule has 2 unspecified atom stereocenters. The summed E-state index contributed by atoms with van der Waals surface area (Å²) >= 11 is 0. The zero-order chi connectivity index (χ0) is 8.39. The van der Waals surface area contributed by atoms with E-state index in [2.05, 4.69) is 4.98 Å². The van der Waals surface area contributed by atoms with E-state index >= 15 is 0 Å². The number of nitrogens with two attached hydrogens (primary N) is 1. The summed E-state index contributed by atoms with van der Waals surface area (Å²) in [7, 11) is 0. The quantitative estimate of drug-likeness (QED) is 0.690. The van der Waals surface area contributed by atoms with Crippen LogP contribution in [-0.2, 0) is 0 Å². The zero-order valence-electron chi connectivity index (χ0n) is 7.07. The highest BCUT2D eigenvalue weighted by Crippen LogP contribution is 2.30. The van der Waals surface area contributed by atoms with Gasteiger partial charge in [-0.05, 0) is 12.8 Å². The molecule has 0 saturated heterocycles. The van der Waals surface area contributed by atoms with Gasteiger partial charge in [-0.2, -0.15) is 0 Å². The minimum Gasteiger partial charge on any atom is -0.449 e. The average Bonchev–Trinajstić information content (AvgIpc) is 2.57. The first-order valence-corrected chi connectivity index (χ1v) is 4.53. The molecule has 1 heterocycles. The first kappa shape index (κ1) is 7.80. The topological polar surface area (TPSA) is 52.0 Å². The van der Waals surface area contributed by atoms with E-state index in [0.29, 0.717) is 5.92 Å². The molecule has 1 aliphatic carbocycles. The van der Waals surface area contributed by atoms with Gasteiger partial charge in [-0.15, -0.1) is 0 Å². The van der Waals surface area contributed by atoms with Gasteiger partial charge in [-0.3, -0.25) is 0 Å². The van der Waals surface area contributed by atoms with E-state index < -0.39 is 0 Å². The smallest absolute Gasteiger partial charge is 0.198 e. The average molecular weight is 166 g/mol. The van der Waals surface area contributed by atoms with Gasteiger partial charge >= 0.3 is 0 Å². The van der Waals surface area contributed by atoms with Gasteiger partial charge in [0.1, 0.15) is 6.26 Å². The molecule has 1 aromatic heterocycles. The Morgan fingerprint density at radius 2 is 2.25 bits per heavy atom. The second-order valence-corrected chi connectivity index (χ2v) is 3.43. The monoisotopic (exact) mass is 166 g/mol. The highest BCUT2D eigenvalue weighted by molar-refractivity contribution is 4.99. The van der Waals surface area contributed by atoms with Gasteiger partial charge in [0, 0.05) is 6.04 Å². The Morgan fingerprint density at radius 3 is 2.92 bits per heavy atom. The van der Waals surface area contributed by atoms with Crippen molar-refractivity contribution < 1.29 is 4.42 Å². The lowest BCUT2D eigenvalue weighted by Crippen LogP contribution is -2.31. The van der Waals surface area contributed by atoms with Crippen LogP contribution in [0.4, 0.5) is 0 Å². The first-order valence-electron chi connectivity index (χ1n) is 4.53. The van der Waals surface area contributed by atoms with E-state index in [1.165, 1.54) is 12.8 Å². The van der Waals surface area contributed by atoms with Crippen molar-refractivity contribution in [3.63, 3.8) is 0 Å². The number of aromatic nitrogens is 1. The summed E-state index contributed by atoms with van der Waals surface area (Å²) in [5.41, 5.74) is 5.97. The highest BCUT2D eigenvalue weighted by Gasteiger charge is 2.26. The Kier molecular flexibility index (Phi) is 2.13. The van der Waals surface area contributed by atoms with E-state index in [1.807, 2.05) is 0 Å². The third kappa shape index (κ3) is 1.37. The molecule has 0 bridgehead atoms. The van der Waals surface area contributed by atoms with Gasteiger partial charge in [-0.1, -0.05) is 12.8 Å². The van der Waals surface area contributed by atoms with Gasteiger partial charge in [0.05, 0.1) is 12.1 Å². The lowest BCUT2D eigenvalue weighted by molar-refractivity contribution is 0.325. The molecule has 0 aliphatic heterocycles. The van der Waals surface area contributed by atoms with Crippen molar-refractivity contribution in [2.45, 2.75) is 37.6 Å². The summed E-state index contributed by atoms with van der Waals surface area (Å²) in [6.07, 6.45) is 8.04. The van der Waals surface area contributed by atoms with Crippen molar-refractivity contribution in [1.29, 1.82) is 0 Å².